The maximum absolute atomic E-state index is 13.6. The lowest BCUT2D eigenvalue weighted by Gasteiger charge is -2.12. The van der Waals surface area contributed by atoms with Crippen LogP contribution in [0.25, 0.3) is 6.08 Å². The normalized spacial score (nSPS) is 15.1. The highest BCUT2D eigenvalue weighted by molar-refractivity contribution is 9.11. The number of imide groups is 1. The number of hydrogen-bond acceptors (Lipinski definition) is 4. The summed E-state index contributed by atoms with van der Waals surface area (Å²) in [5, 5.41) is 14.4. The third-order valence-electron chi connectivity index (χ3n) is 3.76. The summed E-state index contributed by atoms with van der Waals surface area (Å²) >= 11 is 6.36. The molecule has 10 heteroatoms. The van der Waals surface area contributed by atoms with E-state index in [1.807, 2.05) is 0 Å². The van der Waals surface area contributed by atoms with Crippen molar-refractivity contribution in [1.82, 2.24) is 10.2 Å². The van der Waals surface area contributed by atoms with Gasteiger partial charge in [0.15, 0.2) is 0 Å². The second-order valence-corrected chi connectivity index (χ2v) is 7.45. The molecule has 4 amide bonds. The van der Waals surface area contributed by atoms with Gasteiger partial charge in [-0.2, -0.15) is 0 Å². The molecule has 144 valence electrons. The van der Waals surface area contributed by atoms with Crippen molar-refractivity contribution in [2.24, 2.45) is 0 Å². The van der Waals surface area contributed by atoms with E-state index in [4.69, 9.17) is 0 Å². The molecule has 0 bridgehead atoms. The number of nitrogens with one attached hydrogen (secondary N) is 2. The Morgan fingerprint density at radius 1 is 1.21 bits per heavy atom. The number of carbonyl (C=O) groups is 3. The number of hydrogen-bond donors (Lipinski definition) is 3. The smallest absolute Gasteiger partial charge is 0.329 e. The van der Waals surface area contributed by atoms with Gasteiger partial charge in [-0.1, -0.05) is 12.1 Å². The van der Waals surface area contributed by atoms with Crippen LogP contribution < -0.4 is 10.6 Å². The highest BCUT2D eigenvalue weighted by atomic mass is 79.9. The molecule has 0 aliphatic carbocycles. The Hall–Kier alpha value is -2.72. The van der Waals surface area contributed by atoms with Crippen molar-refractivity contribution in [2.75, 3.05) is 11.9 Å². The predicted molar refractivity (Wildman–Crippen MR) is 107 cm³/mol. The van der Waals surface area contributed by atoms with Crippen molar-refractivity contribution >= 4 is 61.5 Å². The minimum atomic E-state index is -0.767. The number of urea groups is 1. The molecular formula is C18H12Br2FN3O4. The molecule has 0 atom stereocenters. The average Bonchev–Trinajstić information content (AvgIpc) is 2.89. The van der Waals surface area contributed by atoms with Gasteiger partial charge in [0, 0.05) is 0 Å². The first-order valence-electron chi connectivity index (χ1n) is 7.83. The van der Waals surface area contributed by atoms with Gasteiger partial charge < -0.3 is 15.7 Å². The first kappa shape index (κ1) is 20.0. The summed E-state index contributed by atoms with van der Waals surface area (Å²) in [6.07, 6.45) is 1.41. The van der Waals surface area contributed by atoms with E-state index < -0.39 is 30.2 Å². The second-order valence-electron chi connectivity index (χ2n) is 5.74. The number of rotatable bonds is 4. The highest BCUT2D eigenvalue weighted by Gasteiger charge is 2.35. The number of phenols is 1. The van der Waals surface area contributed by atoms with Gasteiger partial charge in [0.05, 0.1) is 14.6 Å². The highest BCUT2D eigenvalue weighted by Crippen LogP contribution is 2.34. The van der Waals surface area contributed by atoms with Crippen molar-refractivity contribution in [3.63, 3.8) is 0 Å². The minimum absolute atomic E-state index is 0.00428. The number of halogens is 3. The lowest BCUT2D eigenvalue weighted by molar-refractivity contribution is -0.127. The van der Waals surface area contributed by atoms with Crippen LogP contribution >= 0.6 is 31.9 Å². The largest absolute Gasteiger partial charge is 0.506 e. The van der Waals surface area contributed by atoms with E-state index in [2.05, 4.69) is 42.5 Å². The van der Waals surface area contributed by atoms with Crippen molar-refractivity contribution in [3.8, 4) is 5.75 Å². The van der Waals surface area contributed by atoms with Crippen LogP contribution in [0, 0.1) is 5.82 Å². The average molecular weight is 513 g/mol. The van der Waals surface area contributed by atoms with Crippen LogP contribution in [0.5, 0.6) is 5.75 Å². The molecular weight excluding hydrogens is 501 g/mol. The number of nitrogens with zero attached hydrogens (tertiary/aromatic N) is 1. The Bertz CT molecular complexity index is 1000. The summed E-state index contributed by atoms with van der Waals surface area (Å²) in [6.45, 7) is -0.570. The standard InChI is InChI=1S/C18H12Br2FN3O4/c19-10-5-9(6-11(20)16(10)26)7-14-17(27)24(18(28)23-14)8-15(25)22-13-4-2-1-3-12(13)21/h1-7,26H,8H2,(H,22,25)(H,23,28)/b14-7+. The van der Waals surface area contributed by atoms with Crippen LogP contribution in [0.15, 0.2) is 51.0 Å². The predicted octanol–water partition coefficient (Wildman–Crippen LogP) is 3.59. The Balaban J connectivity index is 1.75. The van der Waals surface area contributed by atoms with Crippen molar-refractivity contribution in [1.29, 1.82) is 0 Å². The third kappa shape index (κ3) is 4.23. The number of aromatic hydroxyl groups is 1. The molecule has 0 unspecified atom stereocenters. The summed E-state index contributed by atoms with van der Waals surface area (Å²) in [5.74, 6) is -2.05. The van der Waals surface area contributed by atoms with E-state index in [9.17, 15) is 23.9 Å². The zero-order valence-corrected chi connectivity index (χ0v) is 17.2. The lowest BCUT2D eigenvalue weighted by atomic mass is 10.2. The first-order chi connectivity index (χ1) is 13.3. The van der Waals surface area contributed by atoms with Gasteiger partial charge in [0.1, 0.15) is 23.8 Å². The van der Waals surface area contributed by atoms with E-state index in [1.54, 1.807) is 18.2 Å². The zero-order chi connectivity index (χ0) is 20.4. The molecule has 7 nitrogen and oxygen atoms in total. The van der Waals surface area contributed by atoms with Gasteiger partial charge in [-0.25, -0.2) is 14.1 Å². The molecule has 0 saturated carbocycles. The van der Waals surface area contributed by atoms with Gasteiger partial charge in [-0.3, -0.25) is 9.59 Å². The van der Waals surface area contributed by atoms with Crippen LogP contribution in [0.4, 0.5) is 14.9 Å². The third-order valence-corrected chi connectivity index (χ3v) is 4.97. The fourth-order valence-electron chi connectivity index (χ4n) is 2.45. The molecule has 0 spiro atoms. The number of amides is 4. The topological polar surface area (TPSA) is 98.7 Å². The van der Waals surface area contributed by atoms with E-state index in [0.717, 1.165) is 0 Å². The lowest BCUT2D eigenvalue weighted by Crippen LogP contribution is -2.38. The van der Waals surface area contributed by atoms with Crippen LogP contribution in [-0.2, 0) is 9.59 Å². The van der Waals surface area contributed by atoms with E-state index in [1.165, 1.54) is 24.3 Å². The Morgan fingerprint density at radius 3 is 2.50 bits per heavy atom. The molecule has 1 aliphatic rings. The van der Waals surface area contributed by atoms with Crippen LogP contribution in [0.3, 0.4) is 0 Å². The fourth-order valence-corrected chi connectivity index (χ4v) is 3.67. The summed E-state index contributed by atoms with van der Waals surface area (Å²) in [6, 6.07) is 7.90. The van der Waals surface area contributed by atoms with E-state index in [0.29, 0.717) is 19.4 Å². The number of benzene rings is 2. The zero-order valence-electron chi connectivity index (χ0n) is 14.0. The molecule has 0 aromatic heterocycles. The summed E-state index contributed by atoms with van der Waals surface area (Å²) < 4.78 is 14.4. The molecule has 1 heterocycles. The molecule has 2 aromatic carbocycles. The molecule has 1 fully saturated rings. The summed E-state index contributed by atoms with van der Waals surface area (Å²) in [5.41, 5.74) is 0.445. The van der Waals surface area contributed by atoms with Crippen LogP contribution in [0.1, 0.15) is 5.56 Å². The van der Waals surface area contributed by atoms with E-state index >= 15 is 0 Å². The minimum Gasteiger partial charge on any atom is -0.506 e. The first-order valence-corrected chi connectivity index (χ1v) is 9.42. The monoisotopic (exact) mass is 511 g/mol. The SMILES string of the molecule is O=C(CN1C(=O)N/C(=C/c2cc(Br)c(O)c(Br)c2)C1=O)Nc1ccccc1F. The summed E-state index contributed by atoms with van der Waals surface area (Å²) in [7, 11) is 0. The number of para-hydroxylation sites is 1. The summed E-state index contributed by atoms with van der Waals surface area (Å²) in [4.78, 5) is 37.3. The molecule has 2 aromatic rings. The van der Waals surface area contributed by atoms with Crippen molar-refractivity contribution in [2.45, 2.75) is 0 Å². The Labute approximate surface area is 175 Å². The molecule has 0 radical (unpaired) electrons. The fraction of sp³-hybridized carbons (Fsp3) is 0.0556. The van der Waals surface area contributed by atoms with Gasteiger partial charge in [-0.15, -0.1) is 0 Å². The molecule has 1 saturated heterocycles. The molecule has 1 aliphatic heterocycles. The van der Waals surface area contributed by atoms with Crippen molar-refractivity contribution in [3.05, 3.63) is 62.4 Å². The molecule has 28 heavy (non-hydrogen) atoms. The molecule has 3 N–H and O–H groups in total. The van der Waals surface area contributed by atoms with Crippen LogP contribution in [0.2, 0.25) is 0 Å². The van der Waals surface area contributed by atoms with Gasteiger partial charge >= 0.3 is 6.03 Å². The van der Waals surface area contributed by atoms with Crippen molar-refractivity contribution < 1.29 is 23.9 Å². The number of phenolic OH excluding ortho intramolecular Hbond substituents is 1. The second kappa shape index (κ2) is 8.11. The maximum Gasteiger partial charge on any atom is 0.329 e. The van der Waals surface area contributed by atoms with Crippen LogP contribution in [-0.4, -0.2) is 34.4 Å². The van der Waals surface area contributed by atoms with Gasteiger partial charge in [-0.05, 0) is 67.8 Å². The van der Waals surface area contributed by atoms with Gasteiger partial charge in [0.25, 0.3) is 5.91 Å². The number of carbonyl (C=O) groups excluding carboxylic acids is 3. The maximum atomic E-state index is 13.6. The van der Waals surface area contributed by atoms with Gasteiger partial charge in [0.2, 0.25) is 5.91 Å². The Kier molecular flexibility index (Phi) is 5.80. The van der Waals surface area contributed by atoms with E-state index in [-0.39, 0.29) is 17.1 Å². The molecule has 3 rings (SSSR count). The quantitative estimate of drug-likeness (QED) is 0.430. The Morgan fingerprint density at radius 2 is 1.86 bits per heavy atom. The number of anilines is 1.